The Bertz CT molecular complexity index is 416. The molecule has 0 aliphatic carbocycles. The lowest BCUT2D eigenvalue weighted by Gasteiger charge is -2.27. The fraction of sp³-hybridized carbons (Fsp3) is 0.812. The minimum atomic E-state index is 0.392. The Balaban J connectivity index is 1.76. The molecule has 2 rings (SSSR count). The van der Waals surface area contributed by atoms with Gasteiger partial charge in [0.2, 0.25) is 0 Å². The second-order valence-corrected chi connectivity index (χ2v) is 6.99. The number of likely N-dealkylation sites (tertiary alicyclic amines) is 1. The summed E-state index contributed by atoms with van der Waals surface area (Å²) in [6.45, 7) is 9.89. The highest BCUT2D eigenvalue weighted by Crippen LogP contribution is 2.25. The van der Waals surface area contributed by atoms with Crippen molar-refractivity contribution < 1.29 is 4.74 Å². The average molecular weight is 311 g/mol. The fourth-order valence-electron chi connectivity index (χ4n) is 2.88. The lowest BCUT2D eigenvalue weighted by Crippen LogP contribution is -2.36. The van der Waals surface area contributed by atoms with Crippen LogP contribution in [0.2, 0.25) is 0 Å². The molecule has 1 aromatic rings. The zero-order valence-electron chi connectivity index (χ0n) is 13.7. The molecule has 0 amide bonds. The Hall–Kier alpha value is -0.490. The molecule has 1 aromatic heterocycles. The summed E-state index contributed by atoms with van der Waals surface area (Å²) in [5, 5.41) is 4.84. The predicted molar refractivity (Wildman–Crippen MR) is 89.1 cm³/mol. The van der Waals surface area contributed by atoms with Gasteiger partial charge < -0.3 is 15.0 Å². The average Bonchev–Trinajstić information content (AvgIpc) is 2.87. The van der Waals surface area contributed by atoms with Crippen LogP contribution in [0.15, 0.2) is 0 Å². The van der Waals surface area contributed by atoms with E-state index in [1.54, 1.807) is 7.11 Å². The predicted octanol–water partition coefficient (Wildman–Crippen LogP) is 2.78. The molecular weight excluding hydrogens is 282 g/mol. The molecule has 0 radical (unpaired) electrons. The number of methoxy groups -OCH3 is 1. The highest BCUT2D eigenvalue weighted by Gasteiger charge is 2.15. The van der Waals surface area contributed by atoms with Gasteiger partial charge in [0.1, 0.15) is 0 Å². The molecule has 0 saturated carbocycles. The van der Waals surface area contributed by atoms with Crippen LogP contribution in [0.1, 0.15) is 47.8 Å². The monoisotopic (exact) mass is 311 g/mol. The number of aryl methyl sites for hydroxylation is 1. The van der Waals surface area contributed by atoms with E-state index in [2.05, 4.69) is 29.0 Å². The summed E-state index contributed by atoms with van der Waals surface area (Å²) in [5.41, 5.74) is 1.17. The number of nitrogens with one attached hydrogen (secondary N) is 1. The molecule has 1 N–H and O–H groups in total. The lowest BCUT2D eigenvalue weighted by molar-refractivity contribution is 0.202. The van der Waals surface area contributed by atoms with Crippen LogP contribution in [0.3, 0.4) is 0 Å². The molecule has 0 bridgehead atoms. The number of hydrogen-bond acceptors (Lipinski definition) is 5. The number of ether oxygens (including phenoxy) is 1. The van der Waals surface area contributed by atoms with E-state index in [1.165, 1.54) is 54.5 Å². The summed E-state index contributed by atoms with van der Waals surface area (Å²) in [6.07, 6.45) is 5.06. The van der Waals surface area contributed by atoms with E-state index >= 15 is 0 Å². The van der Waals surface area contributed by atoms with Gasteiger partial charge in [-0.2, -0.15) is 0 Å². The van der Waals surface area contributed by atoms with Crippen molar-refractivity contribution in [1.82, 2.24) is 15.2 Å². The molecule has 1 atom stereocenters. The standard InChI is InChI=1S/C16H29N3OS/c1-13(17-8-11-19-9-5-4-6-10-19)16-14(2)18-15(21-16)7-12-20-3/h13,17H,4-12H2,1-3H3. The summed E-state index contributed by atoms with van der Waals surface area (Å²) in [5.74, 6) is 0. The van der Waals surface area contributed by atoms with Gasteiger partial charge in [0, 0.05) is 37.5 Å². The van der Waals surface area contributed by atoms with Crippen molar-refractivity contribution in [3.63, 3.8) is 0 Å². The van der Waals surface area contributed by atoms with Crippen LogP contribution in [0.4, 0.5) is 0 Å². The third-order valence-corrected chi connectivity index (χ3v) is 5.52. The van der Waals surface area contributed by atoms with E-state index in [4.69, 9.17) is 4.74 Å². The first-order valence-corrected chi connectivity index (χ1v) is 8.93. The maximum absolute atomic E-state index is 5.13. The van der Waals surface area contributed by atoms with Crippen molar-refractivity contribution >= 4 is 11.3 Å². The molecule has 120 valence electrons. The molecule has 5 heteroatoms. The van der Waals surface area contributed by atoms with Crippen molar-refractivity contribution in [2.45, 2.75) is 45.6 Å². The smallest absolute Gasteiger partial charge is 0.0954 e. The molecule has 4 nitrogen and oxygen atoms in total. The van der Waals surface area contributed by atoms with E-state index in [0.29, 0.717) is 6.04 Å². The minimum absolute atomic E-state index is 0.392. The first kappa shape index (κ1) is 16.9. The number of thiazole rings is 1. The first-order chi connectivity index (χ1) is 10.2. The molecule has 1 saturated heterocycles. The topological polar surface area (TPSA) is 37.4 Å². The van der Waals surface area contributed by atoms with Crippen LogP contribution < -0.4 is 5.32 Å². The quantitative estimate of drug-likeness (QED) is 0.801. The summed E-state index contributed by atoms with van der Waals surface area (Å²) < 4.78 is 5.13. The van der Waals surface area contributed by atoms with Gasteiger partial charge in [-0.3, -0.25) is 0 Å². The zero-order valence-corrected chi connectivity index (χ0v) is 14.5. The van der Waals surface area contributed by atoms with Crippen molar-refractivity contribution in [2.24, 2.45) is 0 Å². The lowest BCUT2D eigenvalue weighted by atomic mass is 10.1. The van der Waals surface area contributed by atoms with E-state index in [1.807, 2.05) is 11.3 Å². The van der Waals surface area contributed by atoms with Crippen molar-refractivity contribution in [2.75, 3.05) is 39.9 Å². The highest BCUT2D eigenvalue weighted by atomic mass is 32.1. The second kappa shape index (κ2) is 8.83. The van der Waals surface area contributed by atoms with Gasteiger partial charge in [-0.1, -0.05) is 6.42 Å². The van der Waals surface area contributed by atoms with E-state index in [-0.39, 0.29) is 0 Å². The minimum Gasteiger partial charge on any atom is -0.384 e. The normalized spacial score (nSPS) is 18.0. The van der Waals surface area contributed by atoms with Crippen LogP contribution >= 0.6 is 11.3 Å². The summed E-state index contributed by atoms with van der Waals surface area (Å²) in [7, 11) is 1.74. The van der Waals surface area contributed by atoms with Crippen molar-refractivity contribution in [3.05, 3.63) is 15.6 Å². The van der Waals surface area contributed by atoms with E-state index in [0.717, 1.165) is 19.6 Å². The second-order valence-electron chi connectivity index (χ2n) is 5.88. The molecule has 1 unspecified atom stereocenters. The third-order valence-electron chi connectivity index (χ3n) is 4.12. The molecular formula is C16H29N3OS. The van der Waals surface area contributed by atoms with Gasteiger partial charge in [-0.05, 0) is 39.8 Å². The highest BCUT2D eigenvalue weighted by molar-refractivity contribution is 7.11. The number of nitrogens with zero attached hydrogens (tertiary/aromatic N) is 2. The molecule has 1 aliphatic heterocycles. The third kappa shape index (κ3) is 5.33. The Morgan fingerprint density at radius 3 is 2.81 bits per heavy atom. The maximum Gasteiger partial charge on any atom is 0.0954 e. The summed E-state index contributed by atoms with van der Waals surface area (Å²) in [4.78, 5) is 8.61. The van der Waals surface area contributed by atoms with E-state index in [9.17, 15) is 0 Å². The van der Waals surface area contributed by atoms with Crippen LogP contribution in [-0.4, -0.2) is 49.8 Å². The van der Waals surface area contributed by atoms with Crippen LogP contribution in [0.5, 0.6) is 0 Å². The molecule has 0 aromatic carbocycles. The molecule has 2 heterocycles. The molecule has 21 heavy (non-hydrogen) atoms. The number of aromatic nitrogens is 1. The maximum atomic E-state index is 5.13. The Kier molecular flexibility index (Phi) is 7.10. The molecule has 1 fully saturated rings. The van der Waals surface area contributed by atoms with Gasteiger partial charge in [-0.15, -0.1) is 11.3 Å². The zero-order chi connectivity index (χ0) is 15.1. The largest absolute Gasteiger partial charge is 0.384 e. The first-order valence-electron chi connectivity index (χ1n) is 8.11. The Labute approximate surface area is 132 Å². The van der Waals surface area contributed by atoms with Gasteiger partial charge in [0.15, 0.2) is 0 Å². The van der Waals surface area contributed by atoms with Gasteiger partial charge in [0.25, 0.3) is 0 Å². The Morgan fingerprint density at radius 1 is 1.33 bits per heavy atom. The van der Waals surface area contributed by atoms with Crippen LogP contribution in [0, 0.1) is 6.92 Å². The van der Waals surface area contributed by atoms with Gasteiger partial charge >= 0.3 is 0 Å². The van der Waals surface area contributed by atoms with Gasteiger partial charge in [0.05, 0.1) is 17.3 Å². The number of hydrogen-bond donors (Lipinski definition) is 1. The van der Waals surface area contributed by atoms with Crippen molar-refractivity contribution in [3.8, 4) is 0 Å². The number of piperidine rings is 1. The summed E-state index contributed by atoms with van der Waals surface area (Å²) in [6, 6.07) is 0.392. The van der Waals surface area contributed by atoms with Crippen LogP contribution in [-0.2, 0) is 11.2 Å². The van der Waals surface area contributed by atoms with Gasteiger partial charge in [-0.25, -0.2) is 4.98 Å². The van der Waals surface area contributed by atoms with Crippen LogP contribution in [0.25, 0.3) is 0 Å². The molecule has 0 spiro atoms. The summed E-state index contributed by atoms with van der Waals surface area (Å²) >= 11 is 1.83. The van der Waals surface area contributed by atoms with E-state index < -0.39 is 0 Å². The fourth-order valence-corrected chi connectivity index (χ4v) is 3.95. The number of rotatable bonds is 8. The van der Waals surface area contributed by atoms with Crippen molar-refractivity contribution in [1.29, 1.82) is 0 Å². The Morgan fingerprint density at radius 2 is 2.10 bits per heavy atom. The SMILES string of the molecule is COCCc1nc(C)c(C(C)NCCN2CCCCC2)s1. The molecule has 1 aliphatic rings.